The second kappa shape index (κ2) is 12.8. The van der Waals surface area contributed by atoms with Crippen LogP contribution >= 0.6 is 11.6 Å². The van der Waals surface area contributed by atoms with Crippen LogP contribution in [0.1, 0.15) is 31.4 Å². The molecular weight excluding hydrogens is 589 g/mol. The summed E-state index contributed by atoms with van der Waals surface area (Å²) < 4.78 is 70.9. The number of anilines is 2. The first-order chi connectivity index (χ1) is 20.0. The van der Waals surface area contributed by atoms with Gasteiger partial charge in [0.2, 0.25) is 0 Å². The van der Waals surface area contributed by atoms with E-state index in [1.54, 1.807) is 18.2 Å². The van der Waals surface area contributed by atoms with Crippen LogP contribution in [-0.4, -0.2) is 75.2 Å². The Morgan fingerprint density at radius 2 is 1.79 bits per heavy atom. The molecule has 2 N–H and O–H groups in total. The zero-order valence-corrected chi connectivity index (χ0v) is 24.9. The Labute approximate surface area is 249 Å². The molecule has 12 heteroatoms. The minimum Gasteiger partial charge on any atom is -0.382 e. The number of hydrogen-bond donors (Lipinski definition) is 2. The van der Waals surface area contributed by atoms with Crippen molar-refractivity contribution < 1.29 is 26.3 Å². The summed E-state index contributed by atoms with van der Waals surface area (Å²) in [5, 5.41) is 7.52. The number of benzene rings is 2. The Bertz CT molecular complexity index is 1580. The number of ether oxygens (including phenoxy) is 1. The lowest BCUT2D eigenvalue weighted by Gasteiger charge is -2.39. The molecule has 1 saturated carbocycles. The first-order valence-corrected chi connectivity index (χ1v) is 16.2. The summed E-state index contributed by atoms with van der Waals surface area (Å²) >= 11 is 6.21. The molecule has 0 bridgehead atoms. The summed E-state index contributed by atoms with van der Waals surface area (Å²) in [6.45, 7) is 2.45. The molecule has 2 heterocycles. The zero-order valence-electron chi connectivity index (χ0n) is 23.3. The van der Waals surface area contributed by atoms with E-state index in [0.29, 0.717) is 22.6 Å². The van der Waals surface area contributed by atoms with E-state index < -0.39 is 22.6 Å². The molecule has 42 heavy (non-hydrogen) atoms. The molecular formula is C30H34ClF3N4O3S. The molecule has 0 spiro atoms. The van der Waals surface area contributed by atoms with Gasteiger partial charge in [0.1, 0.15) is 6.54 Å². The quantitative estimate of drug-likeness (QED) is 0.326. The second-order valence-corrected chi connectivity index (χ2v) is 13.3. The van der Waals surface area contributed by atoms with Gasteiger partial charge in [-0.3, -0.25) is 4.90 Å². The van der Waals surface area contributed by atoms with Crippen molar-refractivity contribution >= 4 is 43.7 Å². The monoisotopic (exact) mass is 622 g/mol. The summed E-state index contributed by atoms with van der Waals surface area (Å²) in [4.78, 5) is 2.60. The van der Waals surface area contributed by atoms with Gasteiger partial charge < -0.3 is 19.9 Å². The highest BCUT2D eigenvalue weighted by Gasteiger charge is 2.31. The number of aromatic nitrogens is 1. The van der Waals surface area contributed by atoms with Crippen molar-refractivity contribution in [2.75, 3.05) is 49.7 Å². The Kier molecular flexibility index (Phi) is 9.28. The number of sulfone groups is 1. The zero-order chi connectivity index (χ0) is 29.9. The van der Waals surface area contributed by atoms with Crippen LogP contribution in [-0.2, 0) is 21.1 Å². The molecule has 2 aromatic carbocycles. The molecule has 1 aliphatic carbocycles. The molecule has 3 aromatic rings. The summed E-state index contributed by atoms with van der Waals surface area (Å²) in [6.07, 6.45) is 0.814. The first-order valence-electron chi connectivity index (χ1n) is 14.0. The van der Waals surface area contributed by atoms with E-state index in [2.05, 4.69) is 27.4 Å². The molecule has 1 saturated heterocycles. The molecule has 1 aliphatic heterocycles. The lowest BCUT2D eigenvalue weighted by atomic mass is 9.89. The minimum absolute atomic E-state index is 0.0929. The molecule has 1 aromatic heterocycles. The number of alkyl halides is 3. The number of hydrogen-bond acceptors (Lipinski definition) is 6. The highest BCUT2D eigenvalue weighted by molar-refractivity contribution is 7.90. The average molecular weight is 623 g/mol. The number of halogens is 4. The fourth-order valence-corrected chi connectivity index (χ4v) is 6.71. The van der Waals surface area contributed by atoms with E-state index in [4.69, 9.17) is 16.3 Å². The van der Waals surface area contributed by atoms with E-state index in [9.17, 15) is 21.6 Å². The van der Waals surface area contributed by atoms with Crippen LogP contribution in [0, 0.1) is 11.8 Å². The van der Waals surface area contributed by atoms with E-state index >= 15 is 0 Å². The first kappa shape index (κ1) is 30.5. The van der Waals surface area contributed by atoms with Gasteiger partial charge in [-0.05, 0) is 68.0 Å². The van der Waals surface area contributed by atoms with Crippen molar-refractivity contribution in [3.8, 4) is 11.8 Å². The van der Waals surface area contributed by atoms with Gasteiger partial charge >= 0.3 is 6.18 Å². The number of nitrogens with zero attached hydrogens (tertiary/aromatic N) is 2. The Morgan fingerprint density at radius 3 is 2.45 bits per heavy atom. The van der Waals surface area contributed by atoms with Gasteiger partial charge in [-0.25, -0.2) is 8.42 Å². The summed E-state index contributed by atoms with van der Waals surface area (Å²) in [7, 11) is -3.40. The van der Waals surface area contributed by atoms with E-state index in [-0.39, 0.29) is 28.2 Å². The third-order valence-electron chi connectivity index (χ3n) is 7.85. The molecule has 2 aliphatic rings. The van der Waals surface area contributed by atoms with Gasteiger partial charge in [0.15, 0.2) is 9.84 Å². The molecule has 2 fully saturated rings. The SMILES string of the molecule is CS(=O)(=O)c1ccc(NCC#Cc2cc3c(NC4CCC(N5CCOCC5)CC4)cccc3n2CC(F)(F)F)c(Cl)c1. The summed E-state index contributed by atoms with van der Waals surface area (Å²) in [5.41, 5.74) is 2.01. The van der Waals surface area contributed by atoms with E-state index in [0.717, 1.165) is 63.9 Å². The van der Waals surface area contributed by atoms with E-state index in [1.807, 2.05) is 6.07 Å². The van der Waals surface area contributed by atoms with Crippen LogP contribution in [0.25, 0.3) is 10.9 Å². The second-order valence-electron chi connectivity index (χ2n) is 10.8. The lowest BCUT2D eigenvalue weighted by molar-refractivity contribution is -0.140. The normalized spacial score (nSPS) is 20.2. The maximum absolute atomic E-state index is 13.6. The lowest BCUT2D eigenvalue weighted by Crippen LogP contribution is -2.46. The topological polar surface area (TPSA) is 75.6 Å². The van der Waals surface area contributed by atoms with Crippen LogP contribution in [0.5, 0.6) is 0 Å². The van der Waals surface area contributed by atoms with Gasteiger partial charge in [0.25, 0.3) is 0 Å². The average Bonchev–Trinajstić information content (AvgIpc) is 3.28. The van der Waals surface area contributed by atoms with Crippen LogP contribution in [0.2, 0.25) is 5.02 Å². The van der Waals surface area contributed by atoms with Crippen molar-refractivity contribution in [2.24, 2.45) is 0 Å². The van der Waals surface area contributed by atoms with Crippen LogP contribution in [0.3, 0.4) is 0 Å². The van der Waals surface area contributed by atoms with Crippen LogP contribution in [0.4, 0.5) is 24.5 Å². The third-order valence-corrected chi connectivity index (χ3v) is 9.28. The largest absolute Gasteiger partial charge is 0.406 e. The van der Waals surface area contributed by atoms with Crippen molar-refractivity contribution in [2.45, 2.75) is 55.4 Å². The predicted octanol–water partition coefficient (Wildman–Crippen LogP) is 5.78. The van der Waals surface area contributed by atoms with Gasteiger partial charge in [0, 0.05) is 42.5 Å². The van der Waals surface area contributed by atoms with Crippen molar-refractivity contribution in [1.29, 1.82) is 0 Å². The molecule has 226 valence electrons. The van der Waals surface area contributed by atoms with E-state index in [1.165, 1.54) is 22.8 Å². The van der Waals surface area contributed by atoms with Crippen molar-refractivity contribution in [1.82, 2.24) is 9.47 Å². The van der Waals surface area contributed by atoms with Gasteiger partial charge in [-0.2, -0.15) is 13.2 Å². The number of nitrogens with one attached hydrogen (secondary N) is 2. The Morgan fingerprint density at radius 1 is 1.05 bits per heavy atom. The summed E-state index contributed by atoms with van der Waals surface area (Å²) in [6, 6.07) is 12.2. The molecule has 0 unspecified atom stereocenters. The third kappa shape index (κ3) is 7.53. The van der Waals surface area contributed by atoms with Crippen LogP contribution in [0.15, 0.2) is 47.4 Å². The van der Waals surface area contributed by atoms with Gasteiger partial charge in [0.05, 0.1) is 46.6 Å². The number of fused-ring (bicyclic) bond motifs is 1. The van der Waals surface area contributed by atoms with Crippen molar-refractivity contribution in [3.63, 3.8) is 0 Å². The van der Waals surface area contributed by atoms with Gasteiger partial charge in [-0.15, -0.1) is 0 Å². The smallest absolute Gasteiger partial charge is 0.382 e. The highest BCUT2D eigenvalue weighted by atomic mass is 35.5. The van der Waals surface area contributed by atoms with Crippen LogP contribution < -0.4 is 10.6 Å². The Hall–Kier alpha value is -2.91. The fraction of sp³-hybridized carbons (Fsp3) is 0.467. The highest BCUT2D eigenvalue weighted by Crippen LogP contribution is 2.33. The number of morpholine rings is 1. The molecule has 0 amide bonds. The number of rotatable bonds is 7. The molecule has 7 nitrogen and oxygen atoms in total. The predicted molar refractivity (Wildman–Crippen MR) is 160 cm³/mol. The fourth-order valence-electron chi connectivity index (χ4n) is 5.76. The standard InChI is InChI=1S/C30H34ClF3N4O3S/c1-42(39,40)24-11-12-28(26(31)19-24)35-13-3-4-23-18-25-27(5-2-6-29(25)38(23)20-30(32,33)34)36-21-7-9-22(10-8-21)37-14-16-41-17-15-37/h2,5-6,11-12,18-19,21-22,35-36H,7-10,13-17,20H2,1H3. The Balaban J connectivity index is 1.32. The van der Waals surface area contributed by atoms with Gasteiger partial charge in [-0.1, -0.05) is 23.6 Å². The maximum Gasteiger partial charge on any atom is 0.406 e. The maximum atomic E-state index is 13.6. The molecule has 0 radical (unpaired) electrons. The summed E-state index contributed by atoms with van der Waals surface area (Å²) in [5.74, 6) is 5.78. The molecule has 0 atom stereocenters. The molecule has 5 rings (SSSR count). The van der Waals surface area contributed by atoms with Crippen molar-refractivity contribution in [3.05, 3.63) is 53.2 Å². The minimum atomic E-state index is -4.42.